The molecule has 174 valence electrons. The first-order valence-electron chi connectivity index (χ1n) is 11.0. The number of carbonyl (C=O) groups is 2. The standard InChI is InChI=1S/C15H12N2O2.C13H13N3/c18-13-15(17-14(19)16-13,11-7-3-1-4-8-11)12-9-5-2-6-10-12;14-13(15)16(11-7-3-1-4-8-11)12-9-5-2-6-10-12/h1-10H,(H2,16,17,18,19);1-10H,(H3,14,15). The Balaban J connectivity index is 0.000000168. The lowest BCUT2D eigenvalue weighted by atomic mass is 9.83. The number of nitrogens with zero attached hydrogens (tertiary/aromatic N) is 1. The summed E-state index contributed by atoms with van der Waals surface area (Å²) in [6, 6.07) is 37.2. The van der Waals surface area contributed by atoms with Crippen molar-refractivity contribution in [1.29, 1.82) is 5.41 Å². The first-order valence-corrected chi connectivity index (χ1v) is 11.0. The van der Waals surface area contributed by atoms with E-state index in [2.05, 4.69) is 10.6 Å². The van der Waals surface area contributed by atoms with E-state index in [1.165, 1.54) is 0 Å². The van der Waals surface area contributed by atoms with Crippen molar-refractivity contribution < 1.29 is 9.59 Å². The summed E-state index contributed by atoms with van der Waals surface area (Å²) in [5, 5.41) is 12.7. The molecule has 1 saturated heterocycles. The van der Waals surface area contributed by atoms with Crippen molar-refractivity contribution in [2.45, 2.75) is 5.54 Å². The molecule has 5 rings (SSSR count). The average Bonchev–Trinajstić information content (AvgIpc) is 3.21. The van der Waals surface area contributed by atoms with Crippen LogP contribution in [-0.4, -0.2) is 17.9 Å². The highest BCUT2D eigenvalue weighted by Gasteiger charge is 2.48. The smallest absolute Gasteiger partial charge is 0.322 e. The predicted molar refractivity (Wildman–Crippen MR) is 137 cm³/mol. The quantitative estimate of drug-likeness (QED) is 0.203. The van der Waals surface area contributed by atoms with Crippen LogP contribution in [0.3, 0.4) is 0 Å². The molecule has 0 bridgehead atoms. The van der Waals surface area contributed by atoms with Crippen molar-refractivity contribution in [2.24, 2.45) is 5.73 Å². The molecule has 4 aromatic carbocycles. The number of nitrogens with one attached hydrogen (secondary N) is 3. The van der Waals surface area contributed by atoms with Crippen molar-refractivity contribution in [3.8, 4) is 0 Å². The number of urea groups is 1. The lowest BCUT2D eigenvalue weighted by Crippen LogP contribution is -2.44. The molecule has 0 radical (unpaired) electrons. The number of carbonyl (C=O) groups excluding carboxylic acids is 2. The maximum atomic E-state index is 12.3. The third kappa shape index (κ3) is 4.89. The monoisotopic (exact) mass is 463 g/mol. The van der Waals surface area contributed by atoms with Gasteiger partial charge in [-0.25, -0.2) is 4.79 Å². The van der Waals surface area contributed by atoms with Crippen LogP contribution < -0.4 is 21.3 Å². The molecule has 1 aliphatic rings. The highest BCUT2D eigenvalue weighted by atomic mass is 16.2. The summed E-state index contributed by atoms with van der Waals surface area (Å²) in [4.78, 5) is 25.6. The van der Waals surface area contributed by atoms with E-state index in [-0.39, 0.29) is 11.9 Å². The summed E-state index contributed by atoms with van der Waals surface area (Å²) in [5.41, 5.74) is 7.73. The van der Waals surface area contributed by atoms with Gasteiger partial charge in [0.25, 0.3) is 5.91 Å². The number of hydrogen-bond acceptors (Lipinski definition) is 3. The fourth-order valence-electron chi connectivity index (χ4n) is 3.99. The summed E-state index contributed by atoms with van der Waals surface area (Å²) in [6.45, 7) is 0. The topological polar surface area (TPSA) is 111 Å². The number of rotatable bonds is 4. The number of hydrogen-bond donors (Lipinski definition) is 4. The molecule has 35 heavy (non-hydrogen) atoms. The molecule has 1 heterocycles. The minimum atomic E-state index is -1.14. The van der Waals surface area contributed by atoms with Crippen LogP contribution in [0.25, 0.3) is 0 Å². The van der Waals surface area contributed by atoms with Gasteiger partial charge in [-0.3, -0.25) is 20.4 Å². The van der Waals surface area contributed by atoms with Crippen molar-refractivity contribution in [1.82, 2.24) is 10.6 Å². The van der Waals surface area contributed by atoms with Gasteiger partial charge in [-0.1, -0.05) is 97.1 Å². The summed E-state index contributed by atoms with van der Waals surface area (Å²) in [6.07, 6.45) is 0. The molecule has 5 N–H and O–H groups in total. The van der Waals surface area contributed by atoms with E-state index in [0.29, 0.717) is 0 Å². The van der Waals surface area contributed by atoms with Crippen molar-refractivity contribution in [3.05, 3.63) is 132 Å². The Morgan fingerprint density at radius 2 is 1.03 bits per heavy atom. The molecule has 3 amide bonds. The molecule has 0 spiro atoms. The lowest BCUT2D eigenvalue weighted by molar-refractivity contribution is -0.122. The SMILES string of the molecule is N=C(N)N(c1ccccc1)c1ccccc1.O=C1NC(=O)C(c2ccccc2)(c2ccccc2)N1. The maximum absolute atomic E-state index is 12.3. The number of nitrogens with two attached hydrogens (primary N) is 1. The zero-order valence-electron chi connectivity index (χ0n) is 18.9. The highest BCUT2D eigenvalue weighted by Crippen LogP contribution is 2.32. The Bertz CT molecular complexity index is 1220. The molecular weight excluding hydrogens is 438 g/mol. The third-order valence-corrected chi connectivity index (χ3v) is 5.55. The molecule has 0 atom stereocenters. The van der Waals surface area contributed by atoms with E-state index in [9.17, 15) is 9.59 Å². The molecular formula is C28H25N5O2. The van der Waals surface area contributed by atoms with Gasteiger partial charge in [0.1, 0.15) is 0 Å². The zero-order valence-corrected chi connectivity index (χ0v) is 18.9. The number of guanidine groups is 1. The molecule has 7 heteroatoms. The third-order valence-electron chi connectivity index (χ3n) is 5.55. The van der Waals surface area contributed by atoms with E-state index >= 15 is 0 Å². The second-order valence-electron chi connectivity index (χ2n) is 7.78. The van der Waals surface area contributed by atoms with Crippen LogP contribution in [0.5, 0.6) is 0 Å². The van der Waals surface area contributed by atoms with Gasteiger partial charge >= 0.3 is 6.03 Å². The largest absolute Gasteiger partial charge is 0.369 e. The van der Waals surface area contributed by atoms with Gasteiger partial charge in [0.15, 0.2) is 11.5 Å². The zero-order chi connectivity index (χ0) is 24.7. The second kappa shape index (κ2) is 10.4. The number of imide groups is 1. The summed E-state index contributed by atoms with van der Waals surface area (Å²) in [7, 11) is 0. The Hall–Kier alpha value is -4.91. The predicted octanol–water partition coefficient (Wildman–Crippen LogP) is 4.49. The molecule has 1 aliphatic heterocycles. The van der Waals surface area contributed by atoms with Crippen molar-refractivity contribution >= 4 is 29.3 Å². The number of anilines is 2. The van der Waals surface area contributed by atoms with Gasteiger partial charge in [0, 0.05) is 11.4 Å². The highest BCUT2D eigenvalue weighted by molar-refractivity contribution is 6.09. The average molecular weight is 464 g/mol. The fourth-order valence-corrected chi connectivity index (χ4v) is 3.99. The van der Waals surface area contributed by atoms with Gasteiger partial charge in [0.05, 0.1) is 0 Å². The fraction of sp³-hybridized carbons (Fsp3) is 0.0357. The molecule has 4 aromatic rings. The van der Waals surface area contributed by atoms with Gasteiger partial charge < -0.3 is 11.1 Å². The van der Waals surface area contributed by atoms with E-state index in [0.717, 1.165) is 22.5 Å². The summed E-state index contributed by atoms with van der Waals surface area (Å²) < 4.78 is 0. The first kappa shape index (κ1) is 23.3. The summed E-state index contributed by atoms with van der Waals surface area (Å²) in [5.74, 6) is -0.340. The van der Waals surface area contributed by atoms with Crippen LogP contribution in [0, 0.1) is 5.41 Å². The number of para-hydroxylation sites is 2. The Morgan fingerprint density at radius 3 is 1.34 bits per heavy atom. The number of amides is 3. The van der Waals surface area contributed by atoms with Crippen molar-refractivity contribution in [2.75, 3.05) is 4.90 Å². The molecule has 0 aliphatic carbocycles. The van der Waals surface area contributed by atoms with Crippen LogP contribution in [0.1, 0.15) is 11.1 Å². The molecule has 7 nitrogen and oxygen atoms in total. The van der Waals surface area contributed by atoms with Crippen LogP contribution in [-0.2, 0) is 10.3 Å². The number of benzene rings is 4. The second-order valence-corrected chi connectivity index (χ2v) is 7.78. The van der Waals surface area contributed by atoms with Crippen LogP contribution >= 0.6 is 0 Å². The van der Waals surface area contributed by atoms with Crippen molar-refractivity contribution in [3.63, 3.8) is 0 Å². The molecule has 0 saturated carbocycles. The van der Waals surface area contributed by atoms with Crippen LogP contribution in [0.4, 0.5) is 16.2 Å². The van der Waals surface area contributed by atoms with Gasteiger partial charge in [-0.15, -0.1) is 0 Å². The van der Waals surface area contributed by atoms with E-state index in [1.807, 2.05) is 121 Å². The Kier molecular flexibility index (Phi) is 6.88. The van der Waals surface area contributed by atoms with Gasteiger partial charge in [-0.2, -0.15) is 0 Å². The Morgan fingerprint density at radius 1 is 0.657 bits per heavy atom. The maximum Gasteiger partial charge on any atom is 0.322 e. The Labute approximate surface area is 203 Å². The van der Waals surface area contributed by atoms with Crippen LogP contribution in [0.2, 0.25) is 0 Å². The minimum Gasteiger partial charge on any atom is -0.369 e. The summed E-state index contributed by atoms with van der Waals surface area (Å²) >= 11 is 0. The molecule has 0 unspecified atom stereocenters. The molecule has 0 aromatic heterocycles. The minimum absolute atomic E-state index is 0.0115. The van der Waals surface area contributed by atoms with Crippen LogP contribution in [0.15, 0.2) is 121 Å². The first-order chi connectivity index (χ1) is 17.0. The van der Waals surface area contributed by atoms with Gasteiger partial charge in [-0.05, 0) is 35.4 Å². The van der Waals surface area contributed by atoms with E-state index in [1.54, 1.807) is 4.90 Å². The normalized spacial score (nSPS) is 13.6. The van der Waals surface area contributed by atoms with Gasteiger partial charge in [0.2, 0.25) is 0 Å². The molecule has 1 fully saturated rings. The lowest BCUT2D eigenvalue weighted by Gasteiger charge is -2.27. The van der Waals surface area contributed by atoms with E-state index in [4.69, 9.17) is 11.1 Å². The van der Waals surface area contributed by atoms with E-state index < -0.39 is 11.6 Å².